The molecule has 3 aromatic rings. The number of hydrazine groups is 1. The van der Waals surface area contributed by atoms with Gasteiger partial charge in [-0.1, -0.05) is 54.6 Å². The molecule has 0 atom stereocenters. The second-order valence-electron chi connectivity index (χ2n) is 5.41. The summed E-state index contributed by atoms with van der Waals surface area (Å²) in [5.41, 5.74) is 12.7. The third-order valence-corrected chi connectivity index (χ3v) is 3.89. The SMILES string of the molecule is COc1ccccc1-c1ccccc1C(=Nc1ccccc1N)NN. The van der Waals surface area contributed by atoms with Crippen molar-refractivity contribution in [2.24, 2.45) is 10.8 Å². The number of nitrogens with one attached hydrogen (secondary N) is 1. The molecule has 0 aliphatic rings. The van der Waals surface area contributed by atoms with Gasteiger partial charge in [-0.2, -0.15) is 0 Å². The van der Waals surface area contributed by atoms with Crippen molar-refractivity contribution in [1.82, 2.24) is 5.43 Å². The number of benzene rings is 3. The van der Waals surface area contributed by atoms with E-state index in [2.05, 4.69) is 10.4 Å². The van der Waals surface area contributed by atoms with Crippen LogP contribution in [0.15, 0.2) is 77.8 Å². The molecule has 0 aliphatic carbocycles. The monoisotopic (exact) mass is 332 g/mol. The number of ether oxygens (including phenoxy) is 1. The fourth-order valence-electron chi connectivity index (χ4n) is 2.67. The van der Waals surface area contributed by atoms with Crippen molar-refractivity contribution < 1.29 is 4.74 Å². The Hall–Kier alpha value is -3.31. The maximum atomic E-state index is 6.00. The summed E-state index contributed by atoms with van der Waals surface area (Å²) >= 11 is 0. The first-order valence-corrected chi connectivity index (χ1v) is 7.87. The average molecular weight is 332 g/mol. The Balaban J connectivity index is 2.16. The predicted molar refractivity (Wildman–Crippen MR) is 103 cm³/mol. The fourth-order valence-corrected chi connectivity index (χ4v) is 2.67. The Morgan fingerprint density at radius 1 is 0.880 bits per heavy atom. The molecule has 5 N–H and O–H groups in total. The van der Waals surface area contributed by atoms with Crippen LogP contribution in [0.4, 0.5) is 11.4 Å². The van der Waals surface area contributed by atoms with Crippen LogP contribution in [0.3, 0.4) is 0 Å². The topological polar surface area (TPSA) is 85.7 Å². The van der Waals surface area contributed by atoms with Crippen LogP contribution in [0.25, 0.3) is 11.1 Å². The fraction of sp³-hybridized carbons (Fsp3) is 0.0500. The Morgan fingerprint density at radius 2 is 1.52 bits per heavy atom. The van der Waals surface area contributed by atoms with Crippen molar-refractivity contribution >= 4 is 17.2 Å². The van der Waals surface area contributed by atoms with Crippen molar-refractivity contribution in [1.29, 1.82) is 0 Å². The Kier molecular flexibility index (Phi) is 4.97. The van der Waals surface area contributed by atoms with Crippen LogP contribution < -0.4 is 21.7 Å². The molecule has 3 aromatic carbocycles. The normalized spacial score (nSPS) is 11.2. The number of anilines is 1. The van der Waals surface area contributed by atoms with Crippen LogP contribution in [-0.4, -0.2) is 12.9 Å². The zero-order valence-corrected chi connectivity index (χ0v) is 13.9. The van der Waals surface area contributed by atoms with Crippen molar-refractivity contribution in [3.05, 3.63) is 78.4 Å². The Labute approximate surface area is 146 Å². The van der Waals surface area contributed by atoms with Crippen molar-refractivity contribution in [3.8, 4) is 16.9 Å². The highest BCUT2D eigenvalue weighted by molar-refractivity contribution is 6.06. The second-order valence-corrected chi connectivity index (χ2v) is 5.41. The van der Waals surface area contributed by atoms with E-state index in [-0.39, 0.29) is 0 Å². The predicted octanol–water partition coefficient (Wildman–Crippen LogP) is 3.49. The smallest absolute Gasteiger partial charge is 0.148 e. The highest BCUT2D eigenvalue weighted by Gasteiger charge is 2.13. The molecule has 5 heteroatoms. The lowest BCUT2D eigenvalue weighted by Gasteiger charge is -2.14. The molecule has 5 nitrogen and oxygen atoms in total. The van der Waals surface area contributed by atoms with Gasteiger partial charge in [0.15, 0.2) is 0 Å². The van der Waals surface area contributed by atoms with Gasteiger partial charge in [0.25, 0.3) is 0 Å². The summed E-state index contributed by atoms with van der Waals surface area (Å²) in [5, 5.41) is 0. The molecule has 0 aromatic heterocycles. The number of aliphatic imine (C=N–C) groups is 1. The van der Waals surface area contributed by atoms with Crippen LogP contribution in [0, 0.1) is 0 Å². The third kappa shape index (κ3) is 3.46. The number of rotatable bonds is 4. The van der Waals surface area contributed by atoms with Gasteiger partial charge in [0, 0.05) is 11.1 Å². The minimum atomic E-state index is 0.527. The van der Waals surface area contributed by atoms with Gasteiger partial charge in [-0.3, -0.25) is 0 Å². The van der Waals surface area contributed by atoms with Gasteiger partial charge in [-0.15, -0.1) is 0 Å². The lowest BCUT2D eigenvalue weighted by molar-refractivity contribution is 0.416. The summed E-state index contributed by atoms with van der Waals surface area (Å²) in [7, 11) is 1.66. The van der Waals surface area contributed by atoms with Gasteiger partial charge < -0.3 is 15.9 Å². The first-order valence-electron chi connectivity index (χ1n) is 7.87. The maximum absolute atomic E-state index is 6.00. The number of methoxy groups -OCH3 is 1. The number of amidine groups is 1. The van der Waals surface area contributed by atoms with E-state index in [0.717, 1.165) is 22.4 Å². The second kappa shape index (κ2) is 7.51. The van der Waals surface area contributed by atoms with E-state index in [9.17, 15) is 0 Å². The van der Waals surface area contributed by atoms with Gasteiger partial charge in [0.1, 0.15) is 11.6 Å². The molecule has 0 amide bonds. The average Bonchev–Trinajstić information content (AvgIpc) is 2.67. The van der Waals surface area contributed by atoms with E-state index in [0.29, 0.717) is 17.2 Å². The van der Waals surface area contributed by atoms with Crippen molar-refractivity contribution in [2.45, 2.75) is 0 Å². The molecule has 0 heterocycles. The van der Waals surface area contributed by atoms with Crippen LogP contribution in [0.5, 0.6) is 5.75 Å². The van der Waals surface area contributed by atoms with E-state index in [1.165, 1.54) is 0 Å². The zero-order valence-electron chi connectivity index (χ0n) is 13.9. The number of nitrogen functional groups attached to an aromatic ring is 1. The van der Waals surface area contributed by atoms with Crippen LogP contribution in [0.1, 0.15) is 5.56 Å². The van der Waals surface area contributed by atoms with Crippen LogP contribution >= 0.6 is 0 Å². The Bertz CT molecular complexity index is 905. The number of hydrogen-bond acceptors (Lipinski definition) is 4. The quantitative estimate of drug-likeness (QED) is 0.224. The molecule has 0 bridgehead atoms. The molecule has 3 rings (SSSR count). The number of para-hydroxylation sites is 3. The van der Waals surface area contributed by atoms with Gasteiger partial charge in [-0.25, -0.2) is 10.8 Å². The Morgan fingerprint density at radius 3 is 2.24 bits per heavy atom. The summed E-state index contributed by atoms with van der Waals surface area (Å²) in [6, 6.07) is 23.1. The maximum Gasteiger partial charge on any atom is 0.148 e. The molecular formula is C20H20N4O. The molecule has 0 radical (unpaired) electrons. The summed E-state index contributed by atoms with van der Waals surface area (Å²) in [6.07, 6.45) is 0. The third-order valence-electron chi connectivity index (χ3n) is 3.89. The van der Waals surface area contributed by atoms with Gasteiger partial charge >= 0.3 is 0 Å². The van der Waals surface area contributed by atoms with Gasteiger partial charge in [0.2, 0.25) is 0 Å². The molecular weight excluding hydrogens is 312 g/mol. The molecule has 126 valence electrons. The summed E-state index contributed by atoms with van der Waals surface area (Å²) in [4.78, 5) is 4.60. The lowest BCUT2D eigenvalue weighted by Crippen LogP contribution is -2.31. The summed E-state index contributed by atoms with van der Waals surface area (Å²) < 4.78 is 5.49. The molecule has 0 unspecified atom stereocenters. The molecule has 0 saturated carbocycles. The number of nitrogens with zero attached hydrogens (tertiary/aromatic N) is 1. The zero-order chi connectivity index (χ0) is 17.6. The summed E-state index contributed by atoms with van der Waals surface area (Å²) in [5.74, 6) is 7.08. The van der Waals surface area contributed by atoms with Crippen LogP contribution in [-0.2, 0) is 0 Å². The number of nitrogens with two attached hydrogens (primary N) is 2. The lowest BCUT2D eigenvalue weighted by atomic mass is 9.98. The van der Waals surface area contributed by atoms with Crippen molar-refractivity contribution in [2.75, 3.05) is 12.8 Å². The minimum Gasteiger partial charge on any atom is -0.496 e. The van der Waals surface area contributed by atoms with E-state index >= 15 is 0 Å². The van der Waals surface area contributed by atoms with E-state index in [1.807, 2.05) is 66.7 Å². The summed E-state index contributed by atoms with van der Waals surface area (Å²) in [6.45, 7) is 0. The number of hydrogen-bond donors (Lipinski definition) is 3. The van der Waals surface area contributed by atoms with E-state index < -0.39 is 0 Å². The first-order chi connectivity index (χ1) is 12.2. The molecule has 0 spiro atoms. The van der Waals surface area contributed by atoms with E-state index in [1.54, 1.807) is 13.2 Å². The van der Waals surface area contributed by atoms with Crippen molar-refractivity contribution in [3.63, 3.8) is 0 Å². The van der Waals surface area contributed by atoms with Gasteiger partial charge in [-0.05, 0) is 23.8 Å². The molecule has 25 heavy (non-hydrogen) atoms. The molecule has 0 aliphatic heterocycles. The molecule has 0 fully saturated rings. The molecule has 0 saturated heterocycles. The van der Waals surface area contributed by atoms with E-state index in [4.69, 9.17) is 16.3 Å². The van der Waals surface area contributed by atoms with Gasteiger partial charge in [0.05, 0.1) is 18.5 Å². The largest absolute Gasteiger partial charge is 0.496 e. The highest BCUT2D eigenvalue weighted by atomic mass is 16.5. The first kappa shape index (κ1) is 16.5. The highest BCUT2D eigenvalue weighted by Crippen LogP contribution is 2.32. The minimum absolute atomic E-state index is 0.527. The standard InChI is InChI=1S/C20H20N4O/c1-25-19-13-7-4-9-15(19)14-8-2-3-10-16(14)20(24-22)23-18-12-6-5-11-17(18)21/h2-13H,21-22H2,1H3,(H,23,24). The van der Waals surface area contributed by atoms with Crippen LogP contribution in [0.2, 0.25) is 0 Å².